The van der Waals surface area contributed by atoms with Crippen LogP contribution in [-0.4, -0.2) is 26.0 Å². The van der Waals surface area contributed by atoms with Gasteiger partial charge in [0, 0.05) is 23.9 Å². The molecule has 2 rings (SSSR count). The van der Waals surface area contributed by atoms with E-state index in [1.807, 2.05) is 24.3 Å². The summed E-state index contributed by atoms with van der Waals surface area (Å²) >= 11 is 0. The van der Waals surface area contributed by atoms with Gasteiger partial charge in [-0.1, -0.05) is 25.1 Å². The van der Waals surface area contributed by atoms with E-state index >= 15 is 0 Å². The molecule has 0 bridgehead atoms. The van der Waals surface area contributed by atoms with E-state index in [-0.39, 0.29) is 5.41 Å². The van der Waals surface area contributed by atoms with Crippen LogP contribution in [-0.2, 0) is 11.2 Å². The number of hydrogen-bond acceptors (Lipinski definition) is 3. The van der Waals surface area contributed by atoms with E-state index in [4.69, 9.17) is 4.74 Å². The summed E-state index contributed by atoms with van der Waals surface area (Å²) in [5.41, 5.74) is 0.812. The molecule has 3 heteroatoms. The van der Waals surface area contributed by atoms with Crippen molar-refractivity contribution >= 4 is 5.78 Å². The number of piperidine rings is 1. The molecule has 1 aromatic carbocycles. The van der Waals surface area contributed by atoms with E-state index in [9.17, 15) is 4.79 Å². The summed E-state index contributed by atoms with van der Waals surface area (Å²) < 4.78 is 5.33. The van der Waals surface area contributed by atoms with Crippen LogP contribution in [0.4, 0.5) is 0 Å². The molecule has 1 fully saturated rings. The van der Waals surface area contributed by atoms with Crippen molar-refractivity contribution in [1.29, 1.82) is 0 Å². The molecule has 1 aliphatic heterocycles. The Bertz CT molecular complexity index is 436. The fourth-order valence-corrected chi connectivity index (χ4v) is 2.91. The molecule has 1 aliphatic rings. The van der Waals surface area contributed by atoms with Gasteiger partial charge in [0.05, 0.1) is 7.11 Å². The lowest BCUT2D eigenvalue weighted by Crippen LogP contribution is -2.45. The lowest BCUT2D eigenvalue weighted by atomic mass is 9.73. The molecule has 3 nitrogen and oxygen atoms in total. The Labute approximate surface area is 115 Å². The van der Waals surface area contributed by atoms with Gasteiger partial charge >= 0.3 is 0 Å². The molecule has 0 radical (unpaired) electrons. The van der Waals surface area contributed by atoms with Crippen molar-refractivity contribution in [2.75, 3.05) is 20.2 Å². The van der Waals surface area contributed by atoms with Gasteiger partial charge in [-0.15, -0.1) is 0 Å². The first-order chi connectivity index (χ1) is 9.22. The van der Waals surface area contributed by atoms with Gasteiger partial charge < -0.3 is 10.1 Å². The number of Topliss-reactive ketones (excluding diaryl/α,β-unsaturated/α-hetero) is 1. The SMILES string of the molecule is CCC1(C(=O)Cc2ccccc2OC)CCCNC1. The molecule has 0 spiro atoms. The molecule has 1 atom stereocenters. The smallest absolute Gasteiger partial charge is 0.144 e. The number of para-hydroxylation sites is 1. The summed E-state index contributed by atoms with van der Waals surface area (Å²) in [4.78, 5) is 12.7. The Morgan fingerprint density at radius 3 is 2.84 bits per heavy atom. The Morgan fingerprint density at radius 2 is 2.21 bits per heavy atom. The Hall–Kier alpha value is -1.35. The number of rotatable bonds is 5. The van der Waals surface area contributed by atoms with Gasteiger partial charge in [0.15, 0.2) is 0 Å². The van der Waals surface area contributed by atoms with Crippen molar-refractivity contribution < 1.29 is 9.53 Å². The van der Waals surface area contributed by atoms with Crippen molar-refractivity contribution in [2.24, 2.45) is 5.41 Å². The molecule has 19 heavy (non-hydrogen) atoms. The van der Waals surface area contributed by atoms with Crippen molar-refractivity contribution in [1.82, 2.24) is 5.32 Å². The lowest BCUT2D eigenvalue weighted by molar-refractivity contribution is -0.129. The van der Waals surface area contributed by atoms with E-state index < -0.39 is 0 Å². The maximum Gasteiger partial charge on any atom is 0.144 e. The van der Waals surface area contributed by atoms with Crippen molar-refractivity contribution in [3.05, 3.63) is 29.8 Å². The minimum atomic E-state index is -0.181. The number of carbonyl (C=O) groups excluding carboxylic acids is 1. The molecule has 1 unspecified atom stereocenters. The zero-order chi connectivity index (χ0) is 13.7. The number of nitrogens with one attached hydrogen (secondary N) is 1. The van der Waals surface area contributed by atoms with Gasteiger partial charge in [-0.3, -0.25) is 4.79 Å². The number of carbonyl (C=O) groups is 1. The standard InChI is InChI=1S/C16H23NO2/c1-3-16(9-6-10-17-12-16)15(18)11-13-7-4-5-8-14(13)19-2/h4-5,7-8,17H,3,6,9-12H2,1-2H3. The van der Waals surface area contributed by atoms with Crippen LogP contribution in [0.15, 0.2) is 24.3 Å². The second-order valence-electron chi connectivity index (χ2n) is 5.33. The zero-order valence-electron chi connectivity index (χ0n) is 11.9. The second-order valence-corrected chi connectivity index (χ2v) is 5.33. The highest BCUT2D eigenvalue weighted by Crippen LogP contribution is 2.33. The quantitative estimate of drug-likeness (QED) is 0.885. The van der Waals surface area contributed by atoms with Crippen LogP contribution < -0.4 is 10.1 Å². The maximum absolute atomic E-state index is 12.7. The van der Waals surface area contributed by atoms with Gasteiger partial charge in [0.25, 0.3) is 0 Å². The predicted molar refractivity (Wildman–Crippen MR) is 76.5 cm³/mol. The molecular formula is C16H23NO2. The number of ether oxygens (including phenoxy) is 1. The van der Waals surface area contributed by atoms with E-state index in [1.54, 1.807) is 7.11 Å². The molecule has 0 aromatic heterocycles. The fourth-order valence-electron chi connectivity index (χ4n) is 2.91. The summed E-state index contributed by atoms with van der Waals surface area (Å²) in [6, 6.07) is 7.80. The van der Waals surface area contributed by atoms with Gasteiger partial charge in [0.2, 0.25) is 0 Å². The molecule has 1 saturated heterocycles. The first kappa shape index (κ1) is 14.1. The molecular weight excluding hydrogens is 238 g/mol. The average Bonchev–Trinajstić information content (AvgIpc) is 2.48. The Balaban J connectivity index is 2.15. The van der Waals surface area contributed by atoms with E-state index in [0.29, 0.717) is 12.2 Å². The van der Waals surface area contributed by atoms with Crippen LogP contribution in [0.1, 0.15) is 31.7 Å². The highest BCUT2D eigenvalue weighted by molar-refractivity contribution is 5.87. The van der Waals surface area contributed by atoms with Crippen LogP contribution in [0, 0.1) is 5.41 Å². The largest absolute Gasteiger partial charge is 0.496 e. The van der Waals surface area contributed by atoms with Gasteiger partial charge in [-0.05, 0) is 31.9 Å². The molecule has 0 amide bonds. The van der Waals surface area contributed by atoms with Crippen molar-refractivity contribution in [2.45, 2.75) is 32.6 Å². The minimum absolute atomic E-state index is 0.181. The van der Waals surface area contributed by atoms with Gasteiger partial charge in [0.1, 0.15) is 11.5 Å². The summed E-state index contributed by atoms with van der Waals surface area (Å²) in [6.07, 6.45) is 3.48. The summed E-state index contributed by atoms with van der Waals surface area (Å²) in [5.74, 6) is 1.15. The Kier molecular flexibility index (Phi) is 4.59. The normalized spacial score (nSPS) is 23.1. The maximum atomic E-state index is 12.7. The zero-order valence-corrected chi connectivity index (χ0v) is 11.9. The number of methoxy groups -OCH3 is 1. The second kappa shape index (κ2) is 6.20. The van der Waals surface area contributed by atoms with Crippen LogP contribution >= 0.6 is 0 Å². The van der Waals surface area contributed by atoms with Crippen LogP contribution in [0.2, 0.25) is 0 Å². The van der Waals surface area contributed by atoms with E-state index in [0.717, 1.165) is 43.7 Å². The molecule has 104 valence electrons. The summed E-state index contributed by atoms with van der Waals surface area (Å²) in [6.45, 7) is 3.97. The Morgan fingerprint density at radius 1 is 1.42 bits per heavy atom. The van der Waals surface area contributed by atoms with E-state index in [2.05, 4.69) is 12.2 Å². The molecule has 0 saturated carbocycles. The average molecular weight is 261 g/mol. The third-order valence-corrected chi connectivity index (χ3v) is 4.28. The summed E-state index contributed by atoms with van der Waals surface area (Å²) in [7, 11) is 1.65. The molecule has 1 aromatic rings. The third-order valence-electron chi connectivity index (χ3n) is 4.28. The highest BCUT2D eigenvalue weighted by atomic mass is 16.5. The molecule has 0 aliphatic carbocycles. The van der Waals surface area contributed by atoms with Gasteiger partial charge in [-0.2, -0.15) is 0 Å². The minimum Gasteiger partial charge on any atom is -0.496 e. The fraction of sp³-hybridized carbons (Fsp3) is 0.562. The van der Waals surface area contributed by atoms with Crippen LogP contribution in [0.3, 0.4) is 0 Å². The van der Waals surface area contributed by atoms with Crippen LogP contribution in [0.5, 0.6) is 5.75 Å². The third kappa shape index (κ3) is 2.98. The number of benzene rings is 1. The first-order valence-electron chi connectivity index (χ1n) is 7.08. The van der Waals surface area contributed by atoms with Crippen LogP contribution in [0.25, 0.3) is 0 Å². The predicted octanol–water partition coefficient (Wildman–Crippen LogP) is 2.59. The highest BCUT2D eigenvalue weighted by Gasteiger charge is 2.37. The van der Waals surface area contributed by atoms with E-state index in [1.165, 1.54) is 0 Å². The number of ketones is 1. The number of hydrogen-bond donors (Lipinski definition) is 1. The van der Waals surface area contributed by atoms with Crippen molar-refractivity contribution in [3.63, 3.8) is 0 Å². The lowest BCUT2D eigenvalue weighted by Gasteiger charge is -2.35. The topological polar surface area (TPSA) is 38.3 Å². The van der Waals surface area contributed by atoms with Crippen molar-refractivity contribution in [3.8, 4) is 5.75 Å². The summed E-state index contributed by atoms with van der Waals surface area (Å²) in [5, 5.41) is 3.37. The van der Waals surface area contributed by atoms with Gasteiger partial charge in [-0.25, -0.2) is 0 Å². The molecule has 1 heterocycles. The first-order valence-corrected chi connectivity index (χ1v) is 7.08. The molecule has 1 N–H and O–H groups in total. The monoisotopic (exact) mass is 261 g/mol.